The summed E-state index contributed by atoms with van der Waals surface area (Å²) < 4.78 is 23.2. The Labute approximate surface area is 129 Å². The van der Waals surface area contributed by atoms with Crippen molar-refractivity contribution in [2.75, 3.05) is 13.2 Å². The lowest BCUT2D eigenvalue weighted by molar-refractivity contribution is -0.258. The molecule has 2 aliphatic rings. The van der Waals surface area contributed by atoms with Crippen molar-refractivity contribution in [2.24, 2.45) is 0 Å². The average Bonchev–Trinajstić information content (AvgIpc) is 2.95. The van der Waals surface area contributed by atoms with Gasteiger partial charge in [0.15, 0.2) is 12.1 Å². The molecule has 6 nitrogen and oxygen atoms in total. The molecule has 3 atom stereocenters. The van der Waals surface area contributed by atoms with Crippen LogP contribution in [0.5, 0.6) is 0 Å². The normalized spacial score (nSPS) is 32.1. The Morgan fingerprint density at radius 2 is 1.73 bits per heavy atom. The molecule has 22 heavy (non-hydrogen) atoms. The van der Waals surface area contributed by atoms with Gasteiger partial charge < -0.3 is 29.2 Å². The van der Waals surface area contributed by atoms with E-state index in [1.54, 1.807) is 13.8 Å². The van der Waals surface area contributed by atoms with Crippen LogP contribution in [0.2, 0.25) is 0 Å². The highest BCUT2D eigenvalue weighted by atomic mass is 16.8. The molecule has 1 aromatic carbocycles. The first-order chi connectivity index (χ1) is 10.5. The summed E-state index contributed by atoms with van der Waals surface area (Å²) in [6.45, 7) is 3.18. The number of rotatable bonds is 5. The third-order valence-corrected chi connectivity index (χ3v) is 4.06. The van der Waals surface area contributed by atoms with Crippen LogP contribution in [-0.2, 0) is 25.6 Å². The van der Waals surface area contributed by atoms with Crippen LogP contribution in [0.3, 0.4) is 0 Å². The van der Waals surface area contributed by atoms with Crippen LogP contribution < -0.4 is 0 Å². The van der Waals surface area contributed by atoms with Gasteiger partial charge in [0.25, 0.3) is 0 Å². The fourth-order valence-electron chi connectivity index (χ4n) is 2.96. The summed E-state index contributed by atoms with van der Waals surface area (Å²) in [5.41, 5.74) is -0.227. The highest BCUT2D eigenvalue weighted by Crippen LogP contribution is 2.43. The summed E-state index contributed by atoms with van der Waals surface area (Å²) in [4.78, 5) is 0. The molecule has 2 heterocycles. The van der Waals surface area contributed by atoms with Crippen molar-refractivity contribution >= 4 is 0 Å². The maximum absolute atomic E-state index is 9.69. The molecule has 1 unspecified atom stereocenters. The molecule has 0 aliphatic carbocycles. The van der Waals surface area contributed by atoms with E-state index in [4.69, 9.17) is 18.9 Å². The molecule has 2 aliphatic heterocycles. The zero-order valence-electron chi connectivity index (χ0n) is 12.8. The van der Waals surface area contributed by atoms with Gasteiger partial charge in [-0.15, -0.1) is 0 Å². The molecule has 122 valence electrons. The van der Waals surface area contributed by atoms with Crippen molar-refractivity contribution in [3.63, 3.8) is 0 Å². The minimum atomic E-state index is -1.22. The van der Waals surface area contributed by atoms with Crippen LogP contribution >= 0.6 is 0 Å². The van der Waals surface area contributed by atoms with Crippen LogP contribution in [0, 0.1) is 0 Å². The molecule has 6 heteroatoms. The summed E-state index contributed by atoms with van der Waals surface area (Å²) in [5.74, 6) is -0.777. The number of aliphatic hydroxyl groups is 2. The lowest BCUT2D eigenvalue weighted by atomic mass is 9.97. The predicted molar refractivity (Wildman–Crippen MR) is 76.8 cm³/mol. The SMILES string of the molecule is CC1(C)O[C@H]2OC(CO)(CO)C(OCc3ccccc3)[C@H]2O1. The molecule has 2 N–H and O–H groups in total. The zero-order chi connectivity index (χ0) is 15.8. The van der Waals surface area contributed by atoms with E-state index < -0.39 is 29.9 Å². The first-order valence-electron chi connectivity index (χ1n) is 7.40. The Bertz CT molecular complexity index is 499. The van der Waals surface area contributed by atoms with Gasteiger partial charge in [-0.05, 0) is 19.4 Å². The Morgan fingerprint density at radius 3 is 2.36 bits per heavy atom. The monoisotopic (exact) mass is 310 g/mol. The largest absolute Gasteiger partial charge is 0.393 e. The van der Waals surface area contributed by atoms with Gasteiger partial charge in [-0.25, -0.2) is 0 Å². The highest BCUT2D eigenvalue weighted by molar-refractivity contribution is 5.14. The molecular formula is C16H22O6. The molecule has 3 rings (SSSR count). The minimum Gasteiger partial charge on any atom is -0.393 e. The Kier molecular flexibility index (Phi) is 4.24. The summed E-state index contributed by atoms with van der Waals surface area (Å²) >= 11 is 0. The van der Waals surface area contributed by atoms with Crippen LogP contribution in [0.1, 0.15) is 19.4 Å². The van der Waals surface area contributed by atoms with Gasteiger partial charge >= 0.3 is 0 Å². The number of fused-ring (bicyclic) bond motifs is 1. The molecule has 0 bridgehead atoms. The van der Waals surface area contributed by atoms with Crippen LogP contribution in [-0.4, -0.2) is 53.3 Å². The molecule has 2 saturated heterocycles. The number of hydrogen-bond acceptors (Lipinski definition) is 6. The molecule has 1 aromatic rings. The smallest absolute Gasteiger partial charge is 0.190 e. The van der Waals surface area contributed by atoms with Gasteiger partial charge in [-0.3, -0.25) is 0 Å². The van der Waals surface area contributed by atoms with Crippen molar-refractivity contribution in [3.8, 4) is 0 Å². The molecule has 2 fully saturated rings. The number of benzene rings is 1. The van der Waals surface area contributed by atoms with Crippen LogP contribution in [0.4, 0.5) is 0 Å². The second-order valence-electron chi connectivity index (χ2n) is 6.18. The van der Waals surface area contributed by atoms with E-state index in [-0.39, 0.29) is 13.2 Å². The van der Waals surface area contributed by atoms with Crippen molar-refractivity contribution in [3.05, 3.63) is 35.9 Å². The van der Waals surface area contributed by atoms with E-state index in [0.29, 0.717) is 6.61 Å². The minimum absolute atomic E-state index is 0.337. The van der Waals surface area contributed by atoms with E-state index >= 15 is 0 Å². The number of hydrogen-bond donors (Lipinski definition) is 2. The Hall–Kier alpha value is -1.02. The molecule has 0 amide bonds. The fraction of sp³-hybridized carbons (Fsp3) is 0.625. The van der Waals surface area contributed by atoms with Gasteiger partial charge in [0.2, 0.25) is 0 Å². The average molecular weight is 310 g/mol. The fourth-order valence-corrected chi connectivity index (χ4v) is 2.96. The topological polar surface area (TPSA) is 77.4 Å². The second-order valence-corrected chi connectivity index (χ2v) is 6.18. The summed E-state index contributed by atoms with van der Waals surface area (Å²) in [7, 11) is 0. The standard InChI is InChI=1S/C16H22O6/c1-15(2)20-12-13(19-8-11-6-4-3-5-7-11)16(9-17,10-18)22-14(12)21-15/h3-7,12-14,17-18H,8-10H2,1-2H3/t12-,13?,14+/m1/s1. The maximum atomic E-state index is 9.69. The molecular weight excluding hydrogens is 288 g/mol. The van der Waals surface area contributed by atoms with E-state index in [0.717, 1.165) is 5.56 Å². The van der Waals surface area contributed by atoms with Gasteiger partial charge in [-0.1, -0.05) is 30.3 Å². The first-order valence-corrected chi connectivity index (χ1v) is 7.40. The van der Waals surface area contributed by atoms with E-state index in [1.807, 2.05) is 30.3 Å². The number of aliphatic hydroxyl groups excluding tert-OH is 2. The van der Waals surface area contributed by atoms with Gasteiger partial charge in [0.05, 0.1) is 19.8 Å². The van der Waals surface area contributed by atoms with Gasteiger partial charge in [-0.2, -0.15) is 0 Å². The molecule has 0 radical (unpaired) electrons. The zero-order valence-corrected chi connectivity index (χ0v) is 12.8. The van der Waals surface area contributed by atoms with Crippen LogP contribution in [0.15, 0.2) is 30.3 Å². The van der Waals surface area contributed by atoms with Crippen molar-refractivity contribution in [1.29, 1.82) is 0 Å². The van der Waals surface area contributed by atoms with Crippen molar-refractivity contribution in [1.82, 2.24) is 0 Å². The number of ether oxygens (including phenoxy) is 4. The molecule has 0 spiro atoms. The highest BCUT2D eigenvalue weighted by Gasteiger charge is 2.62. The quantitative estimate of drug-likeness (QED) is 0.838. The first kappa shape index (κ1) is 15.9. The van der Waals surface area contributed by atoms with Gasteiger partial charge in [0, 0.05) is 0 Å². The molecule has 0 aromatic heterocycles. The third kappa shape index (κ3) is 2.78. The Balaban J connectivity index is 1.77. The second kappa shape index (κ2) is 5.88. The van der Waals surface area contributed by atoms with E-state index in [9.17, 15) is 10.2 Å². The van der Waals surface area contributed by atoms with E-state index in [2.05, 4.69) is 0 Å². The third-order valence-electron chi connectivity index (χ3n) is 4.06. The lowest BCUT2D eigenvalue weighted by Gasteiger charge is -2.33. The predicted octanol–water partition coefficient (Wildman–Crippen LogP) is 0.803. The van der Waals surface area contributed by atoms with Crippen molar-refractivity contribution < 1.29 is 29.2 Å². The summed E-state index contributed by atoms with van der Waals surface area (Å²) in [5, 5.41) is 19.4. The van der Waals surface area contributed by atoms with E-state index in [1.165, 1.54) is 0 Å². The van der Waals surface area contributed by atoms with Gasteiger partial charge in [0.1, 0.15) is 17.8 Å². The summed E-state index contributed by atoms with van der Waals surface area (Å²) in [6.07, 6.45) is -1.76. The molecule has 0 saturated carbocycles. The van der Waals surface area contributed by atoms with Crippen molar-refractivity contribution in [2.45, 2.75) is 50.3 Å². The maximum Gasteiger partial charge on any atom is 0.190 e. The van der Waals surface area contributed by atoms with Crippen LogP contribution in [0.25, 0.3) is 0 Å². The lowest BCUT2D eigenvalue weighted by Crippen LogP contribution is -2.52. The Morgan fingerprint density at radius 1 is 1.05 bits per heavy atom. The summed E-state index contributed by atoms with van der Waals surface area (Å²) in [6, 6.07) is 9.68.